The van der Waals surface area contributed by atoms with Crippen molar-refractivity contribution in [2.24, 2.45) is 5.92 Å². The summed E-state index contributed by atoms with van der Waals surface area (Å²) in [5.41, 5.74) is -0.494. The van der Waals surface area contributed by atoms with Crippen LogP contribution in [0.15, 0.2) is 24.0 Å². The quantitative estimate of drug-likeness (QED) is 0.454. The summed E-state index contributed by atoms with van der Waals surface area (Å²) in [6.07, 6.45) is 2.37. The van der Waals surface area contributed by atoms with Crippen LogP contribution in [0.4, 0.5) is 0 Å². The van der Waals surface area contributed by atoms with E-state index in [0.29, 0.717) is 36.5 Å². The highest BCUT2D eigenvalue weighted by molar-refractivity contribution is 5.87. The molecule has 0 saturated carbocycles. The van der Waals surface area contributed by atoms with Gasteiger partial charge in [-0.25, -0.2) is 4.79 Å². The molecule has 1 fully saturated rings. The average molecular weight is 571 g/mol. The molecule has 2 heterocycles. The van der Waals surface area contributed by atoms with Gasteiger partial charge in [-0.15, -0.1) is 0 Å². The molecule has 1 aromatic rings. The van der Waals surface area contributed by atoms with Crippen LogP contribution in [0.3, 0.4) is 0 Å². The average Bonchev–Trinajstić information content (AvgIpc) is 3.24. The van der Waals surface area contributed by atoms with E-state index < -0.39 is 46.6 Å². The highest BCUT2D eigenvalue weighted by atomic mass is 16.6. The van der Waals surface area contributed by atoms with Gasteiger partial charge in [0.1, 0.15) is 17.4 Å². The van der Waals surface area contributed by atoms with E-state index in [0.717, 1.165) is 17.7 Å². The molecule has 5 rings (SSSR count). The summed E-state index contributed by atoms with van der Waals surface area (Å²) in [7, 11) is 3.62. The van der Waals surface area contributed by atoms with E-state index in [1.807, 2.05) is 33.0 Å². The zero-order chi connectivity index (χ0) is 29.9. The third kappa shape index (κ3) is 4.78. The van der Waals surface area contributed by atoms with Crippen molar-refractivity contribution >= 4 is 17.8 Å². The Morgan fingerprint density at radius 3 is 2.61 bits per heavy atom. The third-order valence-corrected chi connectivity index (χ3v) is 8.99. The van der Waals surface area contributed by atoms with Gasteiger partial charge in [-0.2, -0.15) is 0 Å². The largest absolute Gasteiger partial charge is 0.493 e. The number of ether oxygens (including phenoxy) is 4. The van der Waals surface area contributed by atoms with Crippen LogP contribution in [0.25, 0.3) is 0 Å². The number of esters is 2. The molecular formula is C31H42N2O8. The van der Waals surface area contributed by atoms with E-state index in [1.54, 1.807) is 34.0 Å². The molecule has 2 aliphatic carbocycles. The maximum absolute atomic E-state index is 13.0. The molecule has 2 bridgehead atoms. The van der Waals surface area contributed by atoms with Crippen molar-refractivity contribution in [3.8, 4) is 11.5 Å². The lowest BCUT2D eigenvalue weighted by Crippen LogP contribution is -2.74. The van der Waals surface area contributed by atoms with Gasteiger partial charge in [-0.3, -0.25) is 9.59 Å². The third-order valence-electron chi connectivity index (χ3n) is 8.99. The van der Waals surface area contributed by atoms with Crippen molar-refractivity contribution < 1.29 is 38.4 Å². The minimum absolute atomic E-state index is 0.106. The molecule has 0 aromatic heterocycles. The minimum Gasteiger partial charge on any atom is -0.493 e. The predicted octanol–water partition coefficient (Wildman–Crippen LogP) is 2.78. The number of hydrogen-bond acceptors (Lipinski definition) is 9. The number of methoxy groups -OCH3 is 1. The normalized spacial score (nSPS) is 28.7. The Hall–Kier alpha value is -3.11. The molecule has 2 aliphatic heterocycles. The molecule has 41 heavy (non-hydrogen) atoms. The summed E-state index contributed by atoms with van der Waals surface area (Å²) in [6, 6.07) is 3.00. The summed E-state index contributed by atoms with van der Waals surface area (Å²) in [4.78, 5) is 40.5. The van der Waals surface area contributed by atoms with Crippen molar-refractivity contribution in [1.82, 2.24) is 10.2 Å². The van der Waals surface area contributed by atoms with Gasteiger partial charge in [0.2, 0.25) is 5.91 Å². The monoisotopic (exact) mass is 570 g/mol. The van der Waals surface area contributed by atoms with Crippen LogP contribution < -0.4 is 14.8 Å². The van der Waals surface area contributed by atoms with Crippen LogP contribution in [-0.2, 0) is 35.7 Å². The van der Waals surface area contributed by atoms with Gasteiger partial charge in [0.25, 0.3) is 0 Å². The number of rotatable bonds is 8. The second kappa shape index (κ2) is 10.3. The zero-order valence-electron chi connectivity index (χ0n) is 25.0. The lowest BCUT2D eigenvalue weighted by atomic mass is 9.50. The predicted molar refractivity (Wildman–Crippen MR) is 149 cm³/mol. The fraction of sp³-hybridized carbons (Fsp3) is 0.645. The van der Waals surface area contributed by atoms with Crippen LogP contribution in [-0.4, -0.2) is 77.9 Å². The lowest BCUT2D eigenvalue weighted by molar-refractivity contribution is -0.169. The molecule has 1 amide bonds. The van der Waals surface area contributed by atoms with E-state index in [-0.39, 0.29) is 24.8 Å². The fourth-order valence-corrected chi connectivity index (χ4v) is 7.09. The first kappa shape index (κ1) is 29.4. The van der Waals surface area contributed by atoms with E-state index >= 15 is 0 Å². The van der Waals surface area contributed by atoms with Crippen LogP contribution in [0, 0.1) is 5.92 Å². The van der Waals surface area contributed by atoms with Crippen LogP contribution in [0.2, 0.25) is 0 Å². The topological polar surface area (TPSA) is 124 Å². The number of likely N-dealkylation sites (N-methyl/N-ethyl adjacent to an activating group) is 1. The van der Waals surface area contributed by atoms with Gasteiger partial charge in [0.15, 0.2) is 17.6 Å². The van der Waals surface area contributed by atoms with Gasteiger partial charge in [-0.05, 0) is 70.8 Å². The maximum atomic E-state index is 13.0. The number of carbonyl (C=O) groups excluding carboxylic acids is 3. The summed E-state index contributed by atoms with van der Waals surface area (Å²) in [6.45, 7) is 9.70. The van der Waals surface area contributed by atoms with Gasteiger partial charge < -0.3 is 34.3 Å². The van der Waals surface area contributed by atoms with Crippen molar-refractivity contribution in [2.45, 2.75) is 102 Å². The zero-order valence-corrected chi connectivity index (χ0v) is 25.0. The number of benzene rings is 1. The Kier molecular flexibility index (Phi) is 7.39. The molecule has 1 spiro atoms. The summed E-state index contributed by atoms with van der Waals surface area (Å²) in [5.74, 6) is -0.202. The summed E-state index contributed by atoms with van der Waals surface area (Å²) in [5, 5.41) is 15.0. The van der Waals surface area contributed by atoms with Crippen molar-refractivity contribution in [3.05, 3.63) is 35.1 Å². The smallest absolute Gasteiger partial charge is 0.329 e. The number of aliphatic hydroxyl groups is 1. The Morgan fingerprint density at radius 1 is 1.22 bits per heavy atom. The van der Waals surface area contributed by atoms with Crippen LogP contribution >= 0.6 is 0 Å². The molecule has 0 radical (unpaired) electrons. The molecular weight excluding hydrogens is 528 g/mol. The molecule has 2 N–H and O–H groups in total. The first-order valence-corrected chi connectivity index (χ1v) is 14.4. The van der Waals surface area contributed by atoms with Gasteiger partial charge >= 0.3 is 11.9 Å². The number of nitrogens with zero attached hydrogens (tertiary/aromatic N) is 1. The molecule has 10 nitrogen and oxygen atoms in total. The Labute approximate surface area is 241 Å². The van der Waals surface area contributed by atoms with E-state index in [4.69, 9.17) is 18.9 Å². The summed E-state index contributed by atoms with van der Waals surface area (Å²) < 4.78 is 23.4. The SMILES string of the molecule is COc1ccc2c3c1O[C@H]1C(OC(=O)CCC(=O)NC(C(=O)OC(C)(C)C)C(C)C)=CC[C@@]4(O)C(C2)N(C)CC[C@]314. The maximum Gasteiger partial charge on any atom is 0.329 e. The van der Waals surface area contributed by atoms with E-state index in [2.05, 4.69) is 10.2 Å². The number of carbonyl (C=O) groups is 3. The molecule has 224 valence electrons. The van der Waals surface area contributed by atoms with E-state index in [9.17, 15) is 19.5 Å². The highest BCUT2D eigenvalue weighted by Crippen LogP contribution is 2.65. The molecule has 2 unspecified atom stereocenters. The molecule has 1 saturated heterocycles. The molecule has 10 heteroatoms. The highest BCUT2D eigenvalue weighted by Gasteiger charge is 2.72. The second-order valence-electron chi connectivity index (χ2n) is 13.1. The minimum atomic E-state index is -1.10. The molecule has 1 aromatic carbocycles. The van der Waals surface area contributed by atoms with Gasteiger partial charge in [-0.1, -0.05) is 19.9 Å². The van der Waals surface area contributed by atoms with Gasteiger partial charge in [0, 0.05) is 24.4 Å². The lowest BCUT2D eigenvalue weighted by Gasteiger charge is -2.61. The first-order chi connectivity index (χ1) is 19.2. The second-order valence-corrected chi connectivity index (χ2v) is 13.1. The van der Waals surface area contributed by atoms with Crippen LogP contribution in [0.5, 0.6) is 11.5 Å². The van der Waals surface area contributed by atoms with Crippen molar-refractivity contribution in [1.29, 1.82) is 0 Å². The first-order valence-electron chi connectivity index (χ1n) is 14.4. The van der Waals surface area contributed by atoms with Crippen LogP contribution in [0.1, 0.15) is 71.4 Å². The van der Waals surface area contributed by atoms with E-state index in [1.165, 1.54) is 0 Å². The van der Waals surface area contributed by atoms with Gasteiger partial charge in [0.05, 0.1) is 24.5 Å². The standard InChI is InChI=1S/C31H42N2O8/c1-17(2)25(28(36)41-29(3,4)5)32-22(34)10-11-23(35)39-20-12-13-31(37)21-16-18-8-9-19(38-7)26-24(18)30(31,27(20)40-26)14-15-33(21)6/h8-9,12,17,21,25,27,37H,10-11,13-16H2,1-7H3,(H,32,34)/t21?,25?,27-,30-,31+/m0/s1. The Balaban J connectivity index is 1.31. The molecule has 5 atom stereocenters. The summed E-state index contributed by atoms with van der Waals surface area (Å²) >= 11 is 0. The fourth-order valence-electron chi connectivity index (χ4n) is 7.09. The number of nitrogens with one attached hydrogen (secondary N) is 1. The van der Waals surface area contributed by atoms with Crippen molar-refractivity contribution in [2.75, 3.05) is 20.7 Å². The number of piperidine rings is 1. The number of likely N-dealkylation sites (tertiary alicyclic amines) is 1. The Morgan fingerprint density at radius 2 is 1.95 bits per heavy atom. The van der Waals surface area contributed by atoms with Crippen molar-refractivity contribution in [3.63, 3.8) is 0 Å². The number of hydrogen-bond donors (Lipinski definition) is 2. The Bertz CT molecular complexity index is 1280. The molecule has 4 aliphatic rings. The number of amides is 1.